The van der Waals surface area contributed by atoms with Crippen LogP contribution in [0.25, 0.3) is 0 Å². The highest BCUT2D eigenvalue weighted by molar-refractivity contribution is 6.04. The van der Waals surface area contributed by atoms with Crippen LogP contribution in [-0.4, -0.2) is 23.0 Å². The van der Waals surface area contributed by atoms with Gasteiger partial charge in [0.15, 0.2) is 0 Å². The maximum absolute atomic E-state index is 12.3. The zero-order valence-electron chi connectivity index (χ0n) is 14.1. The minimum Gasteiger partial charge on any atom is -0.480 e. The molecule has 1 unspecified atom stereocenters. The molecule has 2 aromatic carbocycles. The van der Waals surface area contributed by atoms with Crippen molar-refractivity contribution in [1.29, 1.82) is 0 Å². The van der Waals surface area contributed by atoms with Crippen LogP contribution >= 0.6 is 12.4 Å². The molecule has 134 valence electrons. The van der Waals surface area contributed by atoms with Crippen LogP contribution in [0.3, 0.4) is 0 Å². The third-order valence-electron chi connectivity index (χ3n) is 3.65. The average Bonchev–Trinajstić information content (AvgIpc) is 2.59. The van der Waals surface area contributed by atoms with Gasteiger partial charge in [0.2, 0.25) is 0 Å². The first-order valence-corrected chi connectivity index (χ1v) is 8.01. The zero-order valence-corrected chi connectivity index (χ0v) is 14.9. The number of halogens is 1. The molecule has 1 amide bonds. The Kier molecular flexibility index (Phi) is 8.67. The highest BCUT2D eigenvalue weighted by Crippen LogP contribution is 2.11. The topological polar surface area (TPSA) is 78.4 Å². The van der Waals surface area contributed by atoms with Crippen LogP contribution in [0.15, 0.2) is 54.6 Å². The third kappa shape index (κ3) is 6.57. The minimum atomic E-state index is -0.852. The van der Waals surface area contributed by atoms with Crippen LogP contribution in [-0.2, 0) is 11.3 Å². The fraction of sp³-hybridized carbons (Fsp3) is 0.263. The normalized spacial score (nSPS) is 11.2. The van der Waals surface area contributed by atoms with E-state index in [1.54, 1.807) is 18.2 Å². The molecule has 2 rings (SSSR count). The number of hydrogen-bond donors (Lipinski definition) is 3. The summed E-state index contributed by atoms with van der Waals surface area (Å²) < 4.78 is 0. The lowest BCUT2D eigenvalue weighted by atomic mass is 10.1. The fourth-order valence-corrected chi connectivity index (χ4v) is 2.39. The van der Waals surface area contributed by atoms with Crippen molar-refractivity contribution in [1.82, 2.24) is 5.32 Å². The Balaban J connectivity index is 0.00000312. The monoisotopic (exact) mass is 362 g/mol. The average molecular weight is 363 g/mol. The summed E-state index contributed by atoms with van der Waals surface area (Å²) in [6, 6.07) is 15.9. The minimum absolute atomic E-state index is 0. The summed E-state index contributed by atoms with van der Waals surface area (Å²) in [6.07, 6.45) is 1.37. The van der Waals surface area contributed by atoms with Crippen molar-refractivity contribution < 1.29 is 14.7 Å². The summed E-state index contributed by atoms with van der Waals surface area (Å²) in [5.41, 5.74) is 2.15. The van der Waals surface area contributed by atoms with E-state index in [1.807, 2.05) is 43.3 Å². The van der Waals surface area contributed by atoms with Gasteiger partial charge in [0.25, 0.3) is 5.91 Å². The molecule has 0 saturated carbocycles. The second-order valence-electron chi connectivity index (χ2n) is 5.58. The van der Waals surface area contributed by atoms with Crippen LogP contribution in [0.4, 0.5) is 5.69 Å². The van der Waals surface area contributed by atoms with E-state index in [0.717, 1.165) is 17.7 Å². The molecule has 0 aliphatic carbocycles. The van der Waals surface area contributed by atoms with Crippen molar-refractivity contribution in [3.8, 4) is 0 Å². The van der Waals surface area contributed by atoms with E-state index in [9.17, 15) is 9.59 Å². The Labute approximate surface area is 153 Å². The number of aliphatic carboxylic acids is 1. The predicted octanol–water partition coefficient (Wildman–Crippen LogP) is 3.70. The number of anilines is 1. The summed E-state index contributed by atoms with van der Waals surface area (Å²) in [5.74, 6) is -1.04. The van der Waals surface area contributed by atoms with E-state index in [-0.39, 0.29) is 18.3 Å². The number of carboxylic acid groups (broad SMARTS) is 1. The first-order valence-electron chi connectivity index (χ1n) is 8.01. The zero-order chi connectivity index (χ0) is 17.4. The Morgan fingerprint density at radius 2 is 1.80 bits per heavy atom. The summed E-state index contributed by atoms with van der Waals surface area (Å²) in [6.45, 7) is 2.36. The van der Waals surface area contributed by atoms with Gasteiger partial charge in [-0.3, -0.25) is 9.59 Å². The molecule has 2 aromatic rings. The van der Waals surface area contributed by atoms with E-state index in [0.29, 0.717) is 18.5 Å². The highest BCUT2D eigenvalue weighted by atomic mass is 35.5. The summed E-state index contributed by atoms with van der Waals surface area (Å²) >= 11 is 0. The van der Waals surface area contributed by atoms with Gasteiger partial charge in [-0.25, -0.2) is 0 Å². The van der Waals surface area contributed by atoms with Crippen molar-refractivity contribution in [3.05, 3.63) is 65.7 Å². The molecule has 0 aliphatic heterocycles. The molecular formula is C19H23ClN2O3. The van der Waals surface area contributed by atoms with E-state index in [2.05, 4.69) is 10.6 Å². The van der Waals surface area contributed by atoms with Crippen LogP contribution in [0.5, 0.6) is 0 Å². The van der Waals surface area contributed by atoms with E-state index < -0.39 is 12.0 Å². The van der Waals surface area contributed by atoms with Crippen LogP contribution in [0.1, 0.15) is 35.7 Å². The molecule has 6 heteroatoms. The second kappa shape index (κ2) is 10.5. The summed E-state index contributed by atoms with van der Waals surface area (Å²) in [4.78, 5) is 23.5. The maximum atomic E-state index is 12.3. The number of carbonyl (C=O) groups is 2. The van der Waals surface area contributed by atoms with Crippen molar-refractivity contribution >= 4 is 30.0 Å². The Morgan fingerprint density at radius 1 is 1.08 bits per heavy atom. The number of amides is 1. The molecule has 0 aliphatic rings. The number of carbonyl (C=O) groups excluding carboxylic acids is 1. The van der Waals surface area contributed by atoms with Gasteiger partial charge in [0.05, 0.1) is 0 Å². The number of carboxylic acids is 1. The van der Waals surface area contributed by atoms with Gasteiger partial charge in [0.1, 0.15) is 6.04 Å². The highest BCUT2D eigenvalue weighted by Gasteiger charge is 2.15. The van der Waals surface area contributed by atoms with Gasteiger partial charge < -0.3 is 15.7 Å². The molecule has 1 atom stereocenters. The number of rotatable bonds is 8. The SMILES string of the molecule is CCCC(NCc1cccc(C(=O)Nc2ccccc2)c1)C(=O)O.Cl. The molecular weight excluding hydrogens is 340 g/mol. The van der Waals surface area contributed by atoms with Gasteiger partial charge in [-0.15, -0.1) is 12.4 Å². The van der Waals surface area contributed by atoms with E-state index >= 15 is 0 Å². The van der Waals surface area contributed by atoms with Gasteiger partial charge >= 0.3 is 5.97 Å². The largest absolute Gasteiger partial charge is 0.480 e. The van der Waals surface area contributed by atoms with Crippen molar-refractivity contribution in [2.45, 2.75) is 32.4 Å². The fourth-order valence-electron chi connectivity index (χ4n) is 2.39. The Morgan fingerprint density at radius 3 is 2.44 bits per heavy atom. The van der Waals surface area contributed by atoms with E-state index in [1.165, 1.54) is 0 Å². The second-order valence-corrected chi connectivity index (χ2v) is 5.58. The van der Waals surface area contributed by atoms with Crippen LogP contribution in [0.2, 0.25) is 0 Å². The number of hydrogen-bond acceptors (Lipinski definition) is 3. The molecule has 5 nitrogen and oxygen atoms in total. The molecule has 0 bridgehead atoms. The third-order valence-corrected chi connectivity index (χ3v) is 3.65. The van der Waals surface area contributed by atoms with Gasteiger partial charge in [-0.1, -0.05) is 43.7 Å². The lowest BCUT2D eigenvalue weighted by Gasteiger charge is -2.14. The van der Waals surface area contributed by atoms with Gasteiger partial charge in [0, 0.05) is 17.8 Å². The molecule has 25 heavy (non-hydrogen) atoms. The smallest absolute Gasteiger partial charge is 0.320 e. The quantitative estimate of drug-likeness (QED) is 0.669. The van der Waals surface area contributed by atoms with Crippen molar-refractivity contribution in [2.24, 2.45) is 0 Å². The standard InChI is InChI=1S/C19H22N2O3.ClH/c1-2-7-17(19(23)24)20-13-14-8-6-9-15(12-14)18(22)21-16-10-4-3-5-11-16;/h3-6,8-12,17,20H,2,7,13H2,1H3,(H,21,22)(H,23,24);1H. The Hall–Kier alpha value is -2.37. The molecule has 0 aromatic heterocycles. The summed E-state index contributed by atoms with van der Waals surface area (Å²) in [7, 11) is 0. The first kappa shape index (κ1) is 20.7. The Bertz CT molecular complexity index is 692. The van der Waals surface area contributed by atoms with Crippen molar-refractivity contribution in [3.63, 3.8) is 0 Å². The number of para-hydroxylation sites is 1. The summed E-state index contributed by atoms with van der Waals surface area (Å²) in [5, 5.41) is 15.0. The van der Waals surface area contributed by atoms with Crippen molar-refractivity contribution in [2.75, 3.05) is 5.32 Å². The first-order chi connectivity index (χ1) is 11.6. The molecule has 0 saturated heterocycles. The maximum Gasteiger partial charge on any atom is 0.320 e. The molecule has 0 heterocycles. The predicted molar refractivity (Wildman–Crippen MR) is 101 cm³/mol. The van der Waals surface area contributed by atoms with Crippen LogP contribution < -0.4 is 10.6 Å². The van der Waals surface area contributed by atoms with E-state index in [4.69, 9.17) is 5.11 Å². The number of nitrogens with one attached hydrogen (secondary N) is 2. The molecule has 0 spiro atoms. The molecule has 0 radical (unpaired) electrons. The molecule has 3 N–H and O–H groups in total. The molecule has 0 fully saturated rings. The number of benzene rings is 2. The van der Waals surface area contributed by atoms with Gasteiger partial charge in [-0.05, 0) is 36.2 Å². The van der Waals surface area contributed by atoms with Gasteiger partial charge in [-0.2, -0.15) is 0 Å². The van der Waals surface area contributed by atoms with Crippen LogP contribution in [0, 0.1) is 0 Å². The lowest BCUT2D eigenvalue weighted by Crippen LogP contribution is -2.36. The lowest BCUT2D eigenvalue weighted by molar-refractivity contribution is -0.139.